The third-order valence-electron chi connectivity index (χ3n) is 2.22. The number of methoxy groups -OCH3 is 2. The van der Waals surface area contributed by atoms with Gasteiger partial charge in [0.2, 0.25) is 0 Å². The molecule has 0 fully saturated rings. The van der Waals surface area contributed by atoms with Crippen LogP contribution < -0.4 is 0 Å². The zero-order chi connectivity index (χ0) is 12.0. The number of carbonyl (C=O) groups excluding carboxylic acids is 2. The van der Waals surface area contributed by atoms with E-state index >= 15 is 0 Å². The molecule has 0 saturated carbocycles. The molecule has 0 spiro atoms. The molecule has 0 N–H and O–H groups in total. The van der Waals surface area contributed by atoms with Crippen molar-refractivity contribution >= 4 is 11.8 Å². The van der Waals surface area contributed by atoms with Gasteiger partial charge in [0.25, 0.3) is 0 Å². The molecule has 0 aliphatic carbocycles. The molecule has 1 atom stereocenters. The van der Waals surface area contributed by atoms with Gasteiger partial charge < -0.3 is 9.47 Å². The number of ketones is 1. The van der Waals surface area contributed by atoms with Crippen LogP contribution in [0.4, 0.5) is 0 Å². The maximum Gasteiger partial charge on any atom is 0.335 e. The molecule has 4 heteroatoms. The normalized spacial score (nSPS) is 11.9. The summed E-state index contributed by atoms with van der Waals surface area (Å²) in [5.41, 5.74) is 0.563. The molecule has 1 unspecified atom stereocenters. The van der Waals surface area contributed by atoms with E-state index in [1.54, 1.807) is 24.3 Å². The number of hydrogen-bond donors (Lipinski definition) is 0. The summed E-state index contributed by atoms with van der Waals surface area (Å²) in [6.07, 6.45) is -0.842. The second-order valence-electron chi connectivity index (χ2n) is 3.24. The predicted molar refractivity (Wildman–Crippen MR) is 58.2 cm³/mol. The Morgan fingerprint density at radius 3 is 2.31 bits per heavy atom. The highest BCUT2D eigenvalue weighted by Crippen LogP contribution is 2.08. The Bertz CT molecular complexity index is 359. The van der Waals surface area contributed by atoms with Crippen molar-refractivity contribution in [2.45, 2.75) is 12.5 Å². The van der Waals surface area contributed by atoms with E-state index in [1.165, 1.54) is 14.2 Å². The maximum absolute atomic E-state index is 11.7. The lowest BCUT2D eigenvalue weighted by molar-refractivity contribution is -0.152. The van der Waals surface area contributed by atoms with Crippen LogP contribution in [0.25, 0.3) is 0 Å². The summed E-state index contributed by atoms with van der Waals surface area (Å²) >= 11 is 0. The summed E-state index contributed by atoms with van der Waals surface area (Å²) in [6.45, 7) is 0. The number of Topliss-reactive ketones (excluding diaryl/α,β-unsaturated/α-hetero) is 1. The monoisotopic (exact) mass is 222 g/mol. The second-order valence-corrected chi connectivity index (χ2v) is 3.24. The quantitative estimate of drug-likeness (QED) is 0.559. The first-order valence-electron chi connectivity index (χ1n) is 4.88. The Labute approximate surface area is 94.2 Å². The Morgan fingerprint density at radius 1 is 1.19 bits per heavy atom. The summed E-state index contributed by atoms with van der Waals surface area (Å²) in [5.74, 6) is -0.676. The number of esters is 1. The number of rotatable bonds is 5. The topological polar surface area (TPSA) is 52.6 Å². The fourth-order valence-corrected chi connectivity index (χ4v) is 1.30. The summed E-state index contributed by atoms with van der Waals surface area (Å²) in [4.78, 5) is 23.0. The van der Waals surface area contributed by atoms with Gasteiger partial charge in [-0.1, -0.05) is 30.3 Å². The Kier molecular flexibility index (Phi) is 4.66. The minimum Gasteiger partial charge on any atom is -0.467 e. The molecule has 0 bridgehead atoms. The van der Waals surface area contributed by atoms with Crippen molar-refractivity contribution in [3.8, 4) is 0 Å². The third-order valence-corrected chi connectivity index (χ3v) is 2.22. The van der Waals surface area contributed by atoms with Crippen molar-refractivity contribution in [2.75, 3.05) is 14.2 Å². The molecule has 0 aromatic heterocycles. The van der Waals surface area contributed by atoms with Crippen LogP contribution in [-0.2, 0) is 14.3 Å². The van der Waals surface area contributed by atoms with E-state index in [0.29, 0.717) is 5.56 Å². The van der Waals surface area contributed by atoms with E-state index in [2.05, 4.69) is 4.74 Å². The molecule has 0 aliphatic rings. The fraction of sp³-hybridized carbons (Fsp3) is 0.333. The first-order valence-corrected chi connectivity index (χ1v) is 4.88. The van der Waals surface area contributed by atoms with Gasteiger partial charge >= 0.3 is 5.97 Å². The average Bonchev–Trinajstić information content (AvgIpc) is 2.35. The number of benzene rings is 1. The van der Waals surface area contributed by atoms with E-state index in [1.807, 2.05) is 6.07 Å². The predicted octanol–water partition coefficient (Wildman–Crippen LogP) is 1.45. The lowest BCUT2D eigenvalue weighted by Crippen LogP contribution is -2.27. The summed E-state index contributed by atoms with van der Waals surface area (Å²) in [5, 5.41) is 0. The van der Waals surface area contributed by atoms with E-state index in [0.717, 1.165) is 0 Å². The third kappa shape index (κ3) is 3.17. The largest absolute Gasteiger partial charge is 0.467 e. The van der Waals surface area contributed by atoms with Gasteiger partial charge in [-0.3, -0.25) is 4.79 Å². The zero-order valence-electron chi connectivity index (χ0n) is 9.30. The van der Waals surface area contributed by atoms with E-state index in [-0.39, 0.29) is 12.2 Å². The minimum atomic E-state index is -0.835. The van der Waals surface area contributed by atoms with E-state index in [9.17, 15) is 9.59 Å². The molecule has 0 heterocycles. The van der Waals surface area contributed by atoms with Gasteiger partial charge in [0, 0.05) is 19.1 Å². The molecule has 0 amide bonds. The Balaban J connectivity index is 2.66. The number of carbonyl (C=O) groups is 2. The smallest absolute Gasteiger partial charge is 0.335 e. The van der Waals surface area contributed by atoms with Crippen LogP contribution in [0, 0.1) is 0 Å². The van der Waals surface area contributed by atoms with Gasteiger partial charge in [0.1, 0.15) is 0 Å². The highest BCUT2D eigenvalue weighted by Gasteiger charge is 2.22. The molecule has 16 heavy (non-hydrogen) atoms. The van der Waals surface area contributed by atoms with Gasteiger partial charge in [-0.05, 0) is 0 Å². The Morgan fingerprint density at radius 2 is 1.81 bits per heavy atom. The van der Waals surface area contributed by atoms with Gasteiger partial charge in [-0.15, -0.1) is 0 Å². The molecule has 0 aliphatic heterocycles. The molecule has 0 radical (unpaired) electrons. The SMILES string of the molecule is COC(=O)C(CC(=O)c1ccccc1)OC. The van der Waals surface area contributed by atoms with Gasteiger partial charge in [-0.2, -0.15) is 0 Å². The lowest BCUT2D eigenvalue weighted by atomic mass is 10.1. The molecule has 86 valence electrons. The second kappa shape index (κ2) is 6.02. The molecule has 0 saturated heterocycles. The standard InChI is InChI=1S/C12H14O4/c1-15-11(12(14)16-2)8-10(13)9-6-4-3-5-7-9/h3-7,11H,8H2,1-2H3. The average molecular weight is 222 g/mol. The summed E-state index contributed by atoms with van der Waals surface area (Å²) in [6, 6.07) is 8.77. The lowest BCUT2D eigenvalue weighted by Gasteiger charge is -2.11. The van der Waals surface area contributed by atoms with Crippen LogP contribution in [0.15, 0.2) is 30.3 Å². The maximum atomic E-state index is 11.7. The highest BCUT2D eigenvalue weighted by molar-refractivity contribution is 5.98. The van der Waals surface area contributed by atoms with Gasteiger partial charge in [0.05, 0.1) is 7.11 Å². The number of ether oxygens (including phenoxy) is 2. The zero-order valence-corrected chi connectivity index (χ0v) is 9.30. The van der Waals surface area contributed by atoms with E-state index in [4.69, 9.17) is 4.74 Å². The van der Waals surface area contributed by atoms with Crippen LogP contribution in [0.5, 0.6) is 0 Å². The van der Waals surface area contributed by atoms with Gasteiger partial charge in [-0.25, -0.2) is 4.79 Å². The number of hydrogen-bond acceptors (Lipinski definition) is 4. The van der Waals surface area contributed by atoms with Crippen LogP contribution in [0.1, 0.15) is 16.8 Å². The van der Waals surface area contributed by atoms with Crippen molar-refractivity contribution in [1.29, 1.82) is 0 Å². The molecular weight excluding hydrogens is 208 g/mol. The molecular formula is C12H14O4. The van der Waals surface area contributed by atoms with Crippen molar-refractivity contribution in [3.05, 3.63) is 35.9 Å². The fourth-order valence-electron chi connectivity index (χ4n) is 1.30. The minimum absolute atomic E-state index is 0.00676. The summed E-state index contributed by atoms with van der Waals surface area (Å²) in [7, 11) is 2.64. The van der Waals surface area contributed by atoms with Crippen molar-refractivity contribution in [1.82, 2.24) is 0 Å². The van der Waals surface area contributed by atoms with Crippen LogP contribution in [-0.4, -0.2) is 32.1 Å². The van der Waals surface area contributed by atoms with E-state index < -0.39 is 12.1 Å². The molecule has 1 aromatic carbocycles. The van der Waals surface area contributed by atoms with Crippen LogP contribution in [0.3, 0.4) is 0 Å². The first-order chi connectivity index (χ1) is 7.69. The summed E-state index contributed by atoms with van der Waals surface area (Å²) < 4.78 is 9.42. The molecule has 1 rings (SSSR count). The van der Waals surface area contributed by atoms with Crippen LogP contribution in [0.2, 0.25) is 0 Å². The Hall–Kier alpha value is -1.68. The highest BCUT2D eigenvalue weighted by atomic mass is 16.6. The van der Waals surface area contributed by atoms with Gasteiger partial charge in [0.15, 0.2) is 11.9 Å². The van der Waals surface area contributed by atoms with Crippen LogP contribution >= 0.6 is 0 Å². The molecule has 1 aromatic rings. The van der Waals surface area contributed by atoms with Crippen molar-refractivity contribution in [3.63, 3.8) is 0 Å². The molecule has 4 nitrogen and oxygen atoms in total. The van der Waals surface area contributed by atoms with Crippen molar-refractivity contribution < 1.29 is 19.1 Å². The van der Waals surface area contributed by atoms with Crippen molar-refractivity contribution in [2.24, 2.45) is 0 Å². The first kappa shape index (κ1) is 12.4.